The summed E-state index contributed by atoms with van der Waals surface area (Å²) in [5, 5.41) is 0. The summed E-state index contributed by atoms with van der Waals surface area (Å²) < 4.78 is 1.26. The third kappa shape index (κ3) is 4.51. The number of hydrogen-bond donors (Lipinski definition) is 1. The second kappa shape index (κ2) is 7.31. The minimum atomic E-state index is 0.0701. The quantitative estimate of drug-likeness (QED) is 0.601. The molecule has 1 nitrogen and oxygen atoms in total. The van der Waals surface area contributed by atoms with E-state index in [0.29, 0.717) is 0 Å². The van der Waals surface area contributed by atoms with E-state index in [4.69, 9.17) is 5.73 Å². The molecule has 3 heteroatoms. The molecule has 0 aliphatic carbocycles. The van der Waals surface area contributed by atoms with Crippen LogP contribution in [-0.2, 0) is 6.42 Å². The Labute approximate surface area is 133 Å². The largest absolute Gasteiger partial charge is 0.324 e. The molecule has 0 saturated carbocycles. The Kier molecular flexibility index (Phi) is 5.73. The highest BCUT2D eigenvalue weighted by atomic mass is 127. The molecule has 0 spiro atoms. The van der Waals surface area contributed by atoms with Crippen LogP contribution in [0.15, 0.2) is 53.4 Å². The zero-order valence-electron chi connectivity index (χ0n) is 11.0. The van der Waals surface area contributed by atoms with Gasteiger partial charge in [-0.1, -0.05) is 31.2 Å². The van der Waals surface area contributed by atoms with Crippen molar-refractivity contribution in [1.82, 2.24) is 0 Å². The van der Waals surface area contributed by atoms with E-state index in [1.807, 2.05) is 11.8 Å². The van der Waals surface area contributed by atoms with Gasteiger partial charge in [0.15, 0.2) is 0 Å². The van der Waals surface area contributed by atoms with Gasteiger partial charge >= 0.3 is 0 Å². The molecule has 0 aromatic heterocycles. The topological polar surface area (TPSA) is 26.0 Å². The van der Waals surface area contributed by atoms with Gasteiger partial charge < -0.3 is 5.73 Å². The number of nitrogens with two attached hydrogens (primary N) is 1. The molecular weight excluding hydrogens is 365 g/mol. The smallest absolute Gasteiger partial charge is 0.0335 e. The van der Waals surface area contributed by atoms with E-state index < -0.39 is 0 Å². The fourth-order valence-electron chi connectivity index (χ4n) is 1.97. The van der Waals surface area contributed by atoms with E-state index >= 15 is 0 Å². The monoisotopic (exact) mass is 383 g/mol. The third-order valence-electron chi connectivity index (χ3n) is 2.99. The Bertz CT molecular complexity index is 507. The summed E-state index contributed by atoms with van der Waals surface area (Å²) in [6.07, 6.45) is 0.886. The molecule has 0 heterocycles. The van der Waals surface area contributed by atoms with Gasteiger partial charge in [-0.3, -0.25) is 0 Å². The number of rotatable bonds is 5. The zero-order valence-corrected chi connectivity index (χ0v) is 13.9. The van der Waals surface area contributed by atoms with E-state index in [-0.39, 0.29) is 6.04 Å². The molecule has 2 N–H and O–H groups in total. The molecule has 2 rings (SSSR count). The zero-order chi connectivity index (χ0) is 13.7. The van der Waals surface area contributed by atoms with E-state index in [2.05, 4.69) is 78.0 Å². The normalized spacial score (nSPS) is 12.4. The average molecular weight is 383 g/mol. The SMILES string of the molecule is CCSc1ccc(C(N)Cc2ccc(I)cc2)cc1. The van der Waals surface area contributed by atoms with Gasteiger partial charge in [0, 0.05) is 14.5 Å². The number of thioether (sulfide) groups is 1. The van der Waals surface area contributed by atoms with E-state index in [0.717, 1.165) is 12.2 Å². The molecule has 19 heavy (non-hydrogen) atoms. The van der Waals surface area contributed by atoms with Crippen LogP contribution in [0.2, 0.25) is 0 Å². The lowest BCUT2D eigenvalue weighted by molar-refractivity contribution is 0.721. The van der Waals surface area contributed by atoms with Crippen LogP contribution in [0, 0.1) is 3.57 Å². The van der Waals surface area contributed by atoms with Crippen LogP contribution < -0.4 is 5.73 Å². The molecule has 0 bridgehead atoms. The van der Waals surface area contributed by atoms with Crippen LogP contribution in [0.25, 0.3) is 0 Å². The number of hydrogen-bond acceptors (Lipinski definition) is 2. The molecule has 0 fully saturated rings. The Morgan fingerprint density at radius 3 is 2.26 bits per heavy atom. The summed E-state index contributed by atoms with van der Waals surface area (Å²) in [6, 6.07) is 17.3. The highest BCUT2D eigenvalue weighted by Crippen LogP contribution is 2.22. The van der Waals surface area contributed by atoms with Crippen molar-refractivity contribution in [2.24, 2.45) is 5.73 Å². The Morgan fingerprint density at radius 1 is 1.05 bits per heavy atom. The fraction of sp³-hybridized carbons (Fsp3) is 0.250. The van der Waals surface area contributed by atoms with Gasteiger partial charge in [0.1, 0.15) is 0 Å². The van der Waals surface area contributed by atoms with Gasteiger partial charge in [0.2, 0.25) is 0 Å². The molecule has 0 saturated heterocycles. The third-order valence-corrected chi connectivity index (χ3v) is 4.60. The molecule has 100 valence electrons. The van der Waals surface area contributed by atoms with Crippen molar-refractivity contribution in [3.8, 4) is 0 Å². The molecule has 2 aromatic rings. The lowest BCUT2D eigenvalue weighted by Gasteiger charge is -2.13. The summed E-state index contributed by atoms with van der Waals surface area (Å²) >= 11 is 4.18. The van der Waals surface area contributed by atoms with E-state index in [1.165, 1.54) is 19.6 Å². The molecular formula is C16H18INS. The van der Waals surface area contributed by atoms with Crippen LogP contribution in [0.3, 0.4) is 0 Å². The maximum atomic E-state index is 6.28. The van der Waals surface area contributed by atoms with Crippen LogP contribution in [-0.4, -0.2) is 5.75 Å². The minimum absolute atomic E-state index is 0.0701. The van der Waals surface area contributed by atoms with Crippen LogP contribution in [0.5, 0.6) is 0 Å². The number of benzene rings is 2. The molecule has 1 atom stereocenters. The summed E-state index contributed by atoms with van der Waals surface area (Å²) in [5.74, 6) is 1.11. The summed E-state index contributed by atoms with van der Waals surface area (Å²) in [6.45, 7) is 2.17. The Hall–Kier alpha value is -0.520. The Balaban J connectivity index is 2.02. The molecule has 0 amide bonds. The predicted octanol–water partition coefficient (Wildman–Crippen LogP) is 4.65. The first kappa shape index (κ1) is 14.9. The van der Waals surface area contributed by atoms with Crippen molar-refractivity contribution in [1.29, 1.82) is 0 Å². The number of halogens is 1. The standard InChI is InChI=1S/C16H18INS/c1-2-19-15-9-5-13(6-10-15)16(18)11-12-3-7-14(17)8-4-12/h3-10,16H,2,11,18H2,1H3. The van der Waals surface area contributed by atoms with Crippen molar-refractivity contribution in [2.75, 3.05) is 5.75 Å². The van der Waals surface area contributed by atoms with Gasteiger partial charge in [-0.2, -0.15) is 0 Å². The van der Waals surface area contributed by atoms with E-state index in [9.17, 15) is 0 Å². The second-order valence-electron chi connectivity index (χ2n) is 4.44. The first-order valence-corrected chi connectivity index (χ1v) is 8.48. The molecule has 0 aliphatic rings. The molecule has 0 aliphatic heterocycles. The van der Waals surface area contributed by atoms with Crippen LogP contribution in [0.1, 0.15) is 24.1 Å². The van der Waals surface area contributed by atoms with Gasteiger partial charge in [-0.05, 0) is 70.2 Å². The molecule has 0 radical (unpaired) electrons. The predicted molar refractivity (Wildman–Crippen MR) is 92.6 cm³/mol. The van der Waals surface area contributed by atoms with Crippen molar-refractivity contribution in [3.05, 3.63) is 63.2 Å². The van der Waals surface area contributed by atoms with Gasteiger partial charge in [0.25, 0.3) is 0 Å². The van der Waals surface area contributed by atoms with Crippen molar-refractivity contribution < 1.29 is 0 Å². The first-order valence-electron chi connectivity index (χ1n) is 6.42. The van der Waals surface area contributed by atoms with Crippen molar-refractivity contribution in [3.63, 3.8) is 0 Å². The van der Waals surface area contributed by atoms with Gasteiger partial charge in [0.05, 0.1) is 0 Å². The summed E-state index contributed by atoms with van der Waals surface area (Å²) in [4.78, 5) is 1.31. The molecule has 1 unspecified atom stereocenters. The second-order valence-corrected chi connectivity index (χ2v) is 7.02. The van der Waals surface area contributed by atoms with Crippen molar-refractivity contribution in [2.45, 2.75) is 24.3 Å². The lowest BCUT2D eigenvalue weighted by atomic mass is 10.00. The first-order chi connectivity index (χ1) is 9.19. The highest BCUT2D eigenvalue weighted by molar-refractivity contribution is 14.1. The maximum absolute atomic E-state index is 6.28. The fourth-order valence-corrected chi connectivity index (χ4v) is 2.99. The van der Waals surface area contributed by atoms with Gasteiger partial charge in [-0.25, -0.2) is 0 Å². The average Bonchev–Trinajstić information content (AvgIpc) is 2.42. The maximum Gasteiger partial charge on any atom is 0.0335 e. The van der Waals surface area contributed by atoms with E-state index in [1.54, 1.807) is 0 Å². The summed E-state index contributed by atoms with van der Waals surface area (Å²) in [5.41, 5.74) is 8.78. The van der Waals surface area contributed by atoms with Crippen LogP contribution in [0.4, 0.5) is 0 Å². The van der Waals surface area contributed by atoms with Gasteiger partial charge in [-0.15, -0.1) is 11.8 Å². The highest BCUT2D eigenvalue weighted by Gasteiger charge is 2.07. The minimum Gasteiger partial charge on any atom is -0.324 e. The summed E-state index contributed by atoms with van der Waals surface area (Å²) in [7, 11) is 0. The van der Waals surface area contributed by atoms with Crippen molar-refractivity contribution >= 4 is 34.4 Å². The molecule has 2 aromatic carbocycles. The lowest BCUT2D eigenvalue weighted by Crippen LogP contribution is -2.13. The van der Waals surface area contributed by atoms with Crippen LogP contribution >= 0.6 is 34.4 Å². The Morgan fingerprint density at radius 2 is 1.68 bits per heavy atom.